The average molecular weight is 492 g/mol. The number of para-hydroxylation sites is 3. The van der Waals surface area contributed by atoms with E-state index in [0.29, 0.717) is 18.9 Å². The SMILES string of the molecule is Cc1cc(OCCCn2c(CCCNC(=O)COc3ccccc3)nc3ccccc32)ccc1Cl. The van der Waals surface area contributed by atoms with E-state index in [4.69, 9.17) is 26.1 Å². The number of imidazole rings is 1. The van der Waals surface area contributed by atoms with Gasteiger partial charge in [0.25, 0.3) is 5.91 Å². The van der Waals surface area contributed by atoms with Gasteiger partial charge >= 0.3 is 0 Å². The van der Waals surface area contributed by atoms with Gasteiger partial charge in [0.2, 0.25) is 0 Å². The zero-order valence-corrected chi connectivity index (χ0v) is 20.6. The monoisotopic (exact) mass is 491 g/mol. The molecule has 4 rings (SSSR count). The molecule has 0 aliphatic rings. The number of aromatic nitrogens is 2. The number of rotatable bonds is 12. The molecule has 0 aliphatic heterocycles. The normalized spacial score (nSPS) is 10.9. The zero-order valence-electron chi connectivity index (χ0n) is 19.9. The molecule has 7 heteroatoms. The molecule has 0 bridgehead atoms. The number of benzene rings is 3. The van der Waals surface area contributed by atoms with Crippen molar-refractivity contribution in [2.45, 2.75) is 32.7 Å². The van der Waals surface area contributed by atoms with Crippen molar-refractivity contribution in [3.8, 4) is 11.5 Å². The highest BCUT2D eigenvalue weighted by Crippen LogP contribution is 2.22. The van der Waals surface area contributed by atoms with Crippen molar-refractivity contribution in [3.05, 3.63) is 89.2 Å². The maximum atomic E-state index is 12.1. The molecule has 0 fully saturated rings. The lowest BCUT2D eigenvalue weighted by Gasteiger charge is -2.11. The van der Waals surface area contributed by atoms with Crippen LogP contribution >= 0.6 is 11.6 Å². The Labute approximate surface area is 210 Å². The van der Waals surface area contributed by atoms with Gasteiger partial charge in [0.15, 0.2) is 6.61 Å². The Bertz CT molecular complexity index is 1260. The first-order chi connectivity index (χ1) is 17.1. The lowest BCUT2D eigenvalue weighted by Crippen LogP contribution is -2.30. The summed E-state index contributed by atoms with van der Waals surface area (Å²) < 4.78 is 13.7. The number of halogens is 1. The molecule has 35 heavy (non-hydrogen) atoms. The minimum atomic E-state index is -0.128. The van der Waals surface area contributed by atoms with E-state index in [1.165, 1.54) is 0 Å². The van der Waals surface area contributed by atoms with Crippen LogP contribution in [0.5, 0.6) is 11.5 Å². The number of carbonyl (C=O) groups excluding carboxylic acids is 1. The minimum absolute atomic E-state index is 0.00959. The summed E-state index contributed by atoms with van der Waals surface area (Å²) in [7, 11) is 0. The van der Waals surface area contributed by atoms with Crippen molar-refractivity contribution >= 4 is 28.5 Å². The number of carbonyl (C=O) groups is 1. The van der Waals surface area contributed by atoms with E-state index >= 15 is 0 Å². The number of hydrogen-bond acceptors (Lipinski definition) is 4. The van der Waals surface area contributed by atoms with Crippen LogP contribution in [0.2, 0.25) is 5.02 Å². The van der Waals surface area contributed by atoms with Crippen molar-refractivity contribution in [2.24, 2.45) is 0 Å². The molecule has 1 N–H and O–H groups in total. The van der Waals surface area contributed by atoms with Gasteiger partial charge < -0.3 is 19.4 Å². The van der Waals surface area contributed by atoms with Crippen LogP contribution in [0, 0.1) is 6.92 Å². The maximum absolute atomic E-state index is 12.1. The average Bonchev–Trinajstić information content (AvgIpc) is 3.23. The van der Waals surface area contributed by atoms with E-state index in [2.05, 4.69) is 16.0 Å². The second kappa shape index (κ2) is 12.3. The molecule has 0 saturated heterocycles. The van der Waals surface area contributed by atoms with Gasteiger partial charge in [-0.15, -0.1) is 0 Å². The Balaban J connectivity index is 1.26. The molecule has 0 unspecified atom stereocenters. The summed E-state index contributed by atoms with van der Waals surface area (Å²) in [6.07, 6.45) is 2.41. The Morgan fingerprint density at radius 3 is 2.60 bits per heavy atom. The van der Waals surface area contributed by atoms with E-state index in [1.807, 2.05) is 73.7 Å². The Morgan fingerprint density at radius 2 is 1.77 bits per heavy atom. The smallest absolute Gasteiger partial charge is 0.257 e. The Kier molecular flexibility index (Phi) is 8.63. The Hall–Kier alpha value is -3.51. The number of fused-ring (bicyclic) bond motifs is 1. The molecule has 3 aromatic carbocycles. The highest BCUT2D eigenvalue weighted by Gasteiger charge is 2.11. The van der Waals surface area contributed by atoms with Gasteiger partial charge in [-0.3, -0.25) is 4.79 Å². The molecular formula is C28H30ClN3O3. The molecule has 1 aromatic heterocycles. The second-order valence-electron chi connectivity index (χ2n) is 8.34. The van der Waals surface area contributed by atoms with Gasteiger partial charge in [-0.1, -0.05) is 41.9 Å². The number of aryl methyl sites for hydroxylation is 3. The van der Waals surface area contributed by atoms with Crippen LogP contribution in [0.15, 0.2) is 72.8 Å². The van der Waals surface area contributed by atoms with E-state index in [1.54, 1.807) is 0 Å². The van der Waals surface area contributed by atoms with Crippen molar-refractivity contribution in [2.75, 3.05) is 19.8 Å². The summed E-state index contributed by atoms with van der Waals surface area (Å²) >= 11 is 6.10. The van der Waals surface area contributed by atoms with Gasteiger partial charge in [-0.25, -0.2) is 4.98 Å². The first-order valence-electron chi connectivity index (χ1n) is 11.9. The molecule has 182 valence electrons. The molecular weight excluding hydrogens is 462 g/mol. The van der Waals surface area contributed by atoms with E-state index in [9.17, 15) is 4.79 Å². The van der Waals surface area contributed by atoms with Crippen molar-refractivity contribution in [1.29, 1.82) is 0 Å². The predicted octanol–water partition coefficient (Wildman–Crippen LogP) is 5.60. The predicted molar refractivity (Wildman–Crippen MR) is 139 cm³/mol. The molecule has 1 heterocycles. The molecule has 0 saturated carbocycles. The van der Waals surface area contributed by atoms with Crippen LogP contribution in [0.1, 0.15) is 24.2 Å². The fourth-order valence-electron chi connectivity index (χ4n) is 3.88. The fourth-order valence-corrected chi connectivity index (χ4v) is 3.99. The Morgan fingerprint density at radius 1 is 0.971 bits per heavy atom. The lowest BCUT2D eigenvalue weighted by atomic mass is 10.2. The van der Waals surface area contributed by atoms with Gasteiger partial charge in [-0.05, 0) is 67.8 Å². The van der Waals surface area contributed by atoms with Crippen LogP contribution in [0.4, 0.5) is 0 Å². The standard InChI is InChI=1S/C28H30ClN3O3/c1-21-19-23(14-15-24(21)29)34-18-8-17-32-26-12-6-5-11-25(26)31-27(32)13-7-16-30-28(33)20-35-22-9-3-2-4-10-22/h2-6,9-12,14-15,19H,7-8,13,16-18,20H2,1H3,(H,30,33). The van der Waals surface area contributed by atoms with Crippen LogP contribution < -0.4 is 14.8 Å². The number of nitrogens with one attached hydrogen (secondary N) is 1. The van der Waals surface area contributed by atoms with E-state index < -0.39 is 0 Å². The first-order valence-corrected chi connectivity index (χ1v) is 12.3. The van der Waals surface area contributed by atoms with Crippen molar-refractivity contribution in [1.82, 2.24) is 14.9 Å². The maximum Gasteiger partial charge on any atom is 0.257 e. The summed E-state index contributed by atoms with van der Waals surface area (Å²) in [6.45, 7) is 3.96. The lowest BCUT2D eigenvalue weighted by molar-refractivity contribution is -0.123. The fraction of sp³-hybridized carbons (Fsp3) is 0.286. The number of amides is 1. The topological polar surface area (TPSA) is 65.4 Å². The van der Waals surface area contributed by atoms with Crippen LogP contribution in [-0.4, -0.2) is 35.2 Å². The van der Waals surface area contributed by atoms with Crippen molar-refractivity contribution in [3.63, 3.8) is 0 Å². The highest BCUT2D eigenvalue weighted by atomic mass is 35.5. The molecule has 1 amide bonds. The third kappa shape index (κ3) is 6.99. The minimum Gasteiger partial charge on any atom is -0.494 e. The first kappa shape index (κ1) is 24.6. The third-order valence-corrected chi connectivity index (χ3v) is 6.09. The molecule has 0 radical (unpaired) electrons. The van der Waals surface area contributed by atoms with Crippen LogP contribution in [0.25, 0.3) is 11.0 Å². The van der Waals surface area contributed by atoms with Crippen LogP contribution in [-0.2, 0) is 17.8 Å². The summed E-state index contributed by atoms with van der Waals surface area (Å²) in [5, 5.41) is 3.67. The summed E-state index contributed by atoms with van der Waals surface area (Å²) in [5.74, 6) is 2.40. The molecule has 0 aliphatic carbocycles. The molecule has 0 spiro atoms. The van der Waals surface area contributed by atoms with E-state index in [0.717, 1.165) is 59.0 Å². The molecule has 6 nitrogen and oxygen atoms in total. The van der Waals surface area contributed by atoms with Gasteiger partial charge in [0, 0.05) is 24.5 Å². The summed E-state index contributed by atoms with van der Waals surface area (Å²) in [6, 6.07) is 23.2. The quantitative estimate of drug-likeness (QED) is 0.262. The van der Waals surface area contributed by atoms with E-state index in [-0.39, 0.29) is 12.5 Å². The van der Waals surface area contributed by atoms with Gasteiger partial charge in [0.1, 0.15) is 17.3 Å². The van der Waals surface area contributed by atoms with Crippen LogP contribution in [0.3, 0.4) is 0 Å². The third-order valence-electron chi connectivity index (χ3n) is 5.67. The summed E-state index contributed by atoms with van der Waals surface area (Å²) in [5.41, 5.74) is 3.10. The second-order valence-corrected chi connectivity index (χ2v) is 8.74. The zero-order chi connectivity index (χ0) is 24.5. The molecule has 4 aromatic rings. The molecule has 0 atom stereocenters. The van der Waals surface area contributed by atoms with Crippen molar-refractivity contribution < 1.29 is 14.3 Å². The number of ether oxygens (including phenoxy) is 2. The van der Waals surface area contributed by atoms with Gasteiger partial charge in [-0.2, -0.15) is 0 Å². The summed E-state index contributed by atoms with van der Waals surface area (Å²) in [4.78, 5) is 16.9. The largest absolute Gasteiger partial charge is 0.494 e. The van der Waals surface area contributed by atoms with Gasteiger partial charge in [0.05, 0.1) is 17.6 Å². The number of nitrogens with zero attached hydrogens (tertiary/aromatic N) is 2. The highest BCUT2D eigenvalue weighted by molar-refractivity contribution is 6.31. The number of hydrogen-bond donors (Lipinski definition) is 1.